The SMILES string of the molecule is Cc1ccc(OCNc2cccc(Nc3cc(=S)[nH]c(=S)[nH]3)c2)cc1N1[CH]C(O)CCC1. The number of hydrogen-bond acceptors (Lipinski definition) is 7. The standard InChI is InChI=1S/C23H26N5O2S2/c1-15-7-8-19(11-20(15)28-9-3-6-18(29)13-28)30-14-24-16-4-2-5-17(10-16)25-21-12-22(31)27-23(32)26-21/h2,4-5,7-8,10-13,18,24,29H,3,6,9,14H2,1H3,(H3,25,26,27,31,32). The average molecular weight is 469 g/mol. The first-order valence-electron chi connectivity index (χ1n) is 10.4. The quantitative estimate of drug-likeness (QED) is 0.234. The minimum absolute atomic E-state index is 0.317. The molecule has 9 heteroatoms. The number of benzene rings is 2. The van der Waals surface area contributed by atoms with Crippen molar-refractivity contribution in [3.05, 3.63) is 70.1 Å². The van der Waals surface area contributed by atoms with Crippen LogP contribution < -0.4 is 20.3 Å². The number of hydrogen-bond donors (Lipinski definition) is 5. The lowest BCUT2D eigenvalue weighted by molar-refractivity contribution is 0.179. The Morgan fingerprint density at radius 2 is 1.97 bits per heavy atom. The molecule has 2 heterocycles. The van der Waals surface area contributed by atoms with Crippen molar-refractivity contribution in [1.29, 1.82) is 0 Å². The highest BCUT2D eigenvalue weighted by Gasteiger charge is 2.20. The molecular formula is C23H26N5O2S2. The van der Waals surface area contributed by atoms with Crippen LogP contribution in [0.3, 0.4) is 0 Å². The van der Waals surface area contributed by atoms with Gasteiger partial charge in [-0.05, 0) is 61.8 Å². The second kappa shape index (κ2) is 10.2. The molecule has 1 fully saturated rings. The van der Waals surface area contributed by atoms with Gasteiger partial charge in [0.1, 0.15) is 16.2 Å². The first-order valence-corrected chi connectivity index (χ1v) is 11.3. The summed E-state index contributed by atoms with van der Waals surface area (Å²) >= 11 is 10.3. The maximum Gasteiger partial charge on any atom is 0.177 e. The Balaban J connectivity index is 1.37. The van der Waals surface area contributed by atoms with Crippen LogP contribution in [0.4, 0.5) is 22.9 Å². The molecule has 3 aromatic rings. The number of aliphatic hydroxyl groups excluding tert-OH is 1. The van der Waals surface area contributed by atoms with E-state index in [1.807, 2.05) is 49.0 Å². The first kappa shape index (κ1) is 22.3. The molecule has 1 aliphatic rings. The smallest absolute Gasteiger partial charge is 0.177 e. The number of H-pyrrole nitrogens is 2. The number of aliphatic hydroxyl groups is 1. The van der Waals surface area contributed by atoms with Crippen molar-refractivity contribution in [3.63, 3.8) is 0 Å². The maximum atomic E-state index is 9.95. The molecular weight excluding hydrogens is 442 g/mol. The summed E-state index contributed by atoms with van der Waals surface area (Å²) in [6.45, 7) is 5.17. The molecule has 0 aliphatic carbocycles. The van der Waals surface area contributed by atoms with Crippen molar-refractivity contribution in [2.75, 3.05) is 28.8 Å². The number of aryl methyl sites for hydroxylation is 1. The van der Waals surface area contributed by atoms with Crippen LogP contribution in [0.1, 0.15) is 18.4 Å². The molecule has 4 rings (SSSR count). The fraction of sp³-hybridized carbons (Fsp3) is 0.261. The van der Waals surface area contributed by atoms with E-state index in [0.717, 1.165) is 53.6 Å². The van der Waals surface area contributed by atoms with Gasteiger partial charge < -0.3 is 35.3 Å². The molecule has 1 aromatic heterocycles. The van der Waals surface area contributed by atoms with E-state index in [4.69, 9.17) is 29.2 Å². The Morgan fingerprint density at radius 1 is 1.12 bits per heavy atom. The van der Waals surface area contributed by atoms with Crippen molar-refractivity contribution in [2.45, 2.75) is 25.9 Å². The van der Waals surface area contributed by atoms with Gasteiger partial charge in [-0.15, -0.1) is 0 Å². The molecule has 1 aliphatic heterocycles. The van der Waals surface area contributed by atoms with E-state index in [1.54, 1.807) is 6.07 Å². The number of ether oxygens (including phenoxy) is 1. The van der Waals surface area contributed by atoms with Gasteiger partial charge in [-0.1, -0.05) is 24.4 Å². The molecule has 2 aromatic carbocycles. The second-order valence-corrected chi connectivity index (χ2v) is 8.52. The van der Waals surface area contributed by atoms with Crippen molar-refractivity contribution in [3.8, 4) is 5.75 Å². The van der Waals surface area contributed by atoms with E-state index in [1.165, 1.54) is 0 Å². The lowest BCUT2D eigenvalue weighted by Crippen LogP contribution is -2.33. The Morgan fingerprint density at radius 3 is 2.78 bits per heavy atom. The first-order chi connectivity index (χ1) is 15.5. The van der Waals surface area contributed by atoms with Crippen molar-refractivity contribution in [1.82, 2.24) is 9.97 Å². The van der Waals surface area contributed by atoms with Gasteiger partial charge in [0.15, 0.2) is 11.5 Å². The minimum Gasteiger partial charge on any atom is -0.473 e. The Labute approximate surface area is 197 Å². The summed E-state index contributed by atoms with van der Waals surface area (Å²) in [6.07, 6.45) is 1.39. The van der Waals surface area contributed by atoms with E-state index >= 15 is 0 Å². The van der Waals surface area contributed by atoms with Crippen LogP contribution >= 0.6 is 24.4 Å². The van der Waals surface area contributed by atoms with Gasteiger partial charge in [0.25, 0.3) is 0 Å². The zero-order valence-electron chi connectivity index (χ0n) is 17.7. The molecule has 0 saturated carbocycles. The molecule has 1 unspecified atom stereocenters. The predicted octanol–water partition coefficient (Wildman–Crippen LogP) is 5.43. The number of nitrogens with zero attached hydrogens (tertiary/aromatic N) is 1. The fourth-order valence-corrected chi connectivity index (χ4v) is 4.12. The Bertz CT molecular complexity index is 1160. The monoisotopic (exact) mass is 468 g/mol. The summed E-state index contributed by atoms with van der Waals surface area (Å²) in [5.41, 5.74) is 4.01. The molecule has 0 amide bonds. The van der Waals surface area contributed by atoms with Crippen LogP contribution in [0.5, 0.6) is 5.75 Å². The molecule has 0 spiro atoms. The van der Waals surface area contributed by atoms with Crippen LogP contribution in [-0.4, -0.2) is 34.5 Å². The highest BCUT2D eigenvalue weighted by atomic mass is 32.1. The average Bonchev–Trinajstić information content (AvgIpc) is 2.74. The summed E-state index contributed by atoms with van der Waals surface area (Å²) in [5.74, 6) is 1.49. The topological polar surface area (TPSA) is 88.3 Å². The summed E-state index contributed by atoms with van der Waals surface area (Å²) in [5, 5.41) is 16.5. The zero-order chi connectivity index (χ0) is 22.5. The molecule has 0 bridgehead atoms. The zero-order valence-corrected chi connectivity index (χ0v) is 19.4. The number of aromatic nitrogens is 2. The van der Waals surface area contributed by atoms with Gasteiger partial charge >= 0.3 is 0 Å². The van der Waals surface area contributed by atoms with Crippen LogP contribution in [0.2, 0.25) is 0 Å². The number of rotatable bonds is 7. The van der Waals surface area contributed by atoms with Gasteiger partial charge in [0.05, 0.1) is 12.6 Å². The van der Waals surface area contributed by atoms with Gasteiger partial charge in [-0.25, -0.2) is 0 Å². The Hall–Kier alpha value is -2.88. The highest BCUT2D eigenvalue weighted by molar-refractivity contribution is 7.72. The summed E-state index contributed by atoms with van der Waals surface area (Å²) in [6, 6.07) is 15.7. The minimum atomic E-state index is -0.391. The Kier molecular flexibility index (Phi) is 7.09. The molecule has 7 nitrogen and oxygen atoms in total. The lowest BCUT2D eigenvalue weighted by atomic mass is 10.1. The normalized spacial score (nSPS) is 15.9. The maximum absolute atomic E-state index is 9.95. The van der Waals surface area contributed by atoms with Gasteiger partial charge in [0.2, 0.25) is 0 Å². The van der Waals surface area contributed by atoms with E-state index < -0.39 is 6.10 Å². The third-order valence-corrected chi connectivity index (χ3v) is 5.58. The third-order valence-electron chi connectivity index (χ3n) is 5.16. The molecule has 32 heavy (non-hydrogen) atoms. The van der Waals surface area contributed by atoms with Crippen LogP contribution in [0.25, 0.3) is 0 Å². The van der Waals surface area contributed by atoms with Crippen LogP contribution in [0, 0.1) is 22.9 Å². The van der Waals surface area contributed by atoms with Gasteiger partial charge in [0, 0.05) is 35.7 Å². The highest BCUT2D eigenvalue weighted by Crippen LogP contribution is 2.30. The van der Waals surface area contributed by atoms with E-state index in [2.05, 4.69) is 32.4 Å². The summed E-state index contributed by atoms with van der Waals surface area (Å²) in [4.78, 5) is 8.01. The van der Waals surface area contributed by atoms with Crippen molar-refractivity contribution >= 4 is 47.3 Å². The number of aromatic amines is 2. The molecule has 1 radical (unpaired) electrons. The fourth-order valence-electron chi connectivity index (χ4n) is 3.62. The van der Waals surface area contributed by atoms with E-state index in [9.17, 15) is 5.11 Å². The number of anilines is 4. The third kappa shape index (κ3) is 5.87. The van der Waals surface area contributed by atoms with Crippen molar-refractivity contribution in [2.24, 2.45) is 0 Å². The molecule has 167 valence electrons. The molecule has 5 N–H and O–H groups in total. The van der Waals surface area contributed by atoms with E-state index in [-0.39, 0.29) is 0 Å². The molecule has 1 atom stereocenters. The van der Waals surface area contributed by atoms with Crippen molar-refractivity contribution < 1.29 is 9.84 Å². The summed E-state index contributed by atoms with van der Waals surface area (Å²) < 4.78 is 6.97. The molecule has 1 saturated heterocycles. The second-order valence-electron chi connectivity index (χ2n) is 7.67. The van der Waals surface area contributed by atoms with Crippen LogP contribution in [-0.2, 0) is 0 Å². The lowest BCUT2D eigenvalue weighted by Gasteiger charge is -2.32. The van der Waals surface area contributed by atoms with E-state index in [0.29, 0.717) is 16.1 Å². The number of nitrogens with one attached hydrogen (secondary N) is 4. The van der Waals surface area contributed by atoms with Gasteiger partial charge in [-0.2, -0.15) is 0 Å². The summed E-state index contributed by atoms with van der Waals surface area (Å²) in [7, 11) is 0. The van der Waals surface area contributed by atoms with Crippen LogP contribution in [0.15, 0.2) is 48.5 Å². The largest absolute Gasteiger partial charge is 0.473 e. The van der Waals surface area contributed by atoms with Gasteiger partial charge in [-0.3, -0.25) is 0 Å². The number of piperidine rings is 1. The predicted molar refractivity (Wildman–Crippen MR) is 134 cm³/mol.